The van der Waals surface area contributed by atoms with Crippen LogP contribution in [0.1, 0.15) is 30.4 Å². The first kappa shape index (κ1) is 15.0. The zero-order valence-electron chi connectivity index (χ0n) is 11.5. The molecule has 0 fully saturated rings. The summed E-state index contributed by atoms with van der Waals surface area (Å²) < 4.78 is 0. The third kappa shape index (κ3) is 5.42. The van der Waals surface area contributed by atoms with Gasteiger partial charge >= 0.3 is 6.03 Å². The summed E-state index contributed by atoms with van der Waals surface area (Å²) in [5, 5.41) is 5.39. The predicted octanol–water partition coefficient (Wildman–Crippen LogP) is 2.08. The van der Waals surface area contributed by atoms with Gasteiger partial charge in [0.05, 0.1) is 0 Å². The second kappa shape index (κ2) is 7.41. The van der Waals surface area contributed by atoms with Crippen molar-refractivity contribution in [3.8, 4) is 0 Å². The van der Waals surface area contributed by atoms with E-state index in [0.29, 0.717) is 13.0 Å². The molecule has 0 spiro atoms. The van der Waals surface area contributed by atoms with Gasteiger partial charge in [-0.3, -0.25) is 4.79 Å². The number of urea groups is 1. The highest BCUT2D eigenvalue weighted by Crippen LogP contribution is 2.18. The van der Waals surface area contributed by atoms with Crippen molar-refractivity contribution >= 4 is 17.6 Å². The van der Waals surface area contributed by atoms with Crippen LogP contribution in [0.4, 0.5) is 10.5 Å². The van der Waals surface area contributed by atoms with Gasteiger partial charge in [0.2, 0.25) is 5.91 Å². The molecule has 4 N–H and O–H groups in total. The Hall–Kier alpha value is -2.04. The highest BCUT2D eigenvalue weighted by atomic mass is 16.2. The molecule has 0 aliphatic rings. The van der Waals surface area contributed by atoms with Gasteiger partial charge in [0.15, 0.2) is 0 Å². The molecule has 1 rings (SSSR count). The molecule has 104 valence electrons. The Morgan fingerprint density at radius 1 is 1.21 bits per heavy atom. The molecular weight excluding hydrogens is 242 g/mol. The van der Waals surface area contributed by atoms with E-state index in [1.165, 1.54) is 0 Å². The Kier molecular flexibility index (Phi) is 5.85. The minimum atomic E-state index is -0.528. The van der Waals surface area contributed by atoms with E-state index in [2.05, 4.69) is 10.6 Å². The number of aryl methyl sites for hydroxylation is 1. The fourth-order valence-electron chi connectivity index (χ4n) is 1.72. The normalized spacial score (nSPS) is 10.0. The molecule has 3 amide bonds. The zero-order valence-corrected chi connectivity index (χ0v) is 11.5. The lowest BCUT2D eigenvalue weighted by atomic mass is 10.1. The van der Waals surface area contributed by atoms with E-state index in [1.54, 1.807) is 0 Å². The Morgan fingerprint density at radius 3 is 2.63 bits per heavy atom. The molecule has 5 nitrogen and oxygen atoms in total. The van der Waals surface area contributed by atoms with E-state index in [9.17, 15) is 9.59 Å². The highest BCUT2D eigenvalue weighted by molar-refractivity contribution is 5.91. The smallest absolute Gasteiger partial charge is 0.312 e. The SMILES string of the molecule is Cc1cccc(NC(=O)CCCCNC(N)=O)c1C. The van der Waals surface area contributed by atoms with E-state index in [0.717, 1.165) is 29.7 Å². The van der Waals surface area contributed by atoms with Gasteiger partial charge in [0.25, 0.3) is 0 Å². The number of unbranched alkanes of at least 4 members (excludes halogenated alkanes) is 1. The van der Waals surface area contributed by atoms with Gasteiger partial charge < -0.3 is 16.4 Å². The number of hydrogen-bond acceptors (Lipinski definition) is 2. The van der Waals surface area contributed by atoms with Crippen LogP contribution >= 0.6 is 0 Å². The summed E-state index contributed by atoms with van der Waals surface area (Å²) in [6, 6.07) is 5.31. The van der Waals surface area contributed by atoms with E-state index in [1.807, 2.05) is 32.0 Å². The van der Waals surface area contributed by atoms with E-state index in [-0.39, 0.29) is 5.91 Å². The van der Waals surface area contributed by atoms with Crippen molar-refractivity contribution in [2.75, 3.05) is 11.9 Å². The maximum atomic E-state index is 11.7. The number of anilines is 1. The second-order valence-electron chi connectivity index (χ2n) is 4.54. The molecule has 0 bridgehead atoms. The molecule has 0 saturated carbocycles. The van der Waals surface area contributed by atoms with Crippen LogP contribution in [0.25, 0.3) is 0 Å². The molecule has 19 heavy (non-hydrogen) atoms. The molecule has 0 heterocycles. The summed E-state index contributed by atoms with van der Waals surface area (Å²) in [7, 11) is 0. The molecule has 5 heteroatoms. The van der Waals surface area contributed by atoms with E-state index >= 15 is 0 Å². The Balaban J connectivity index is 2.31. The number of rotatable bonds is 6. The number of benzene rings is 1. The van der Waals surface area contributed by atoms with Gasteiger partial charge in [-0.15, -0.1) is 0 Å². The fraction of sp³-hybridized carbons (Fsp3) is 0.429. The molecule has 0 aliphatic carbocycles. The monoisotopic (exact) mass is 263 g/mol. The lowest BCUT2D eigenvalue weighted by molar-refractivity contribution is -0.116. The van der Waals surface area contributed by atoms with E-state index in [4.69, 9.17) is 5.73 Å². The standard InChI is InChI=1S/C14H21N3O2/c1-10-6-5-7-12(11(10)2)17-13(18)8-3-4-9-16-14(15)19/h5-7H,3-4,8-9H2,1-2H3,(H,17,18)(H3,15,16,19). The lowest BCUT2D eigenvalue weighted by Crippen LogP contribution is -2.30. The molecule has 0 radical (unpaired) electrons. The molecule has 1 aromatic rings. The largest absolute Gasteiger partial charge is 0.352 e. The Labute approximate surface area is 113 Å². The molecule has 1 aromatic carbocycles. The molecule has 0 saturated heterocycles. The summed E-state index contributed by atoms with van der Waals surface area (Å²) in [5.41, 5.74) is 8.04. The minimum Gasteiger partial charge on any atom is -0.352 e. The van der Waals surface area contributed by atoms with Crippen molar-refractivity contribution in [3.05, 3.63) is 29.3 Å². The third-order valence-electron chi connectivity index (χ3n) is 3.01. The predicted molar refractivity (Wildman–Crippen MR) is 76.0 cm³/mol. The van der Waals surface area contributed by atoms with Crippen molar-refractivity contribution in [3.63, 3.8) is 0 Å². The first-order chi connectivity index (χ1) is 9.00. The molecule has 0 atom stereocenters. The number of nitrogens with two attached hydrogens (primary N) is 1. The quantitative estimate of drug-likeness (QED) is 0.686. The second-order valence-corrected chi connectivity index (χ2v) is 4.54. The third-order valence-corrected chi connectivity index (χ3v) is 3.01. The number of hydrogen-bond donors (Lipinski definition) is 3. The molecular formula is C14H21N3O2. The first-order valence-corrected chi connectivity index (χ1v) is 6.40. The van der Waals surface area contributed by atoms with Crippen LogP contribution in [-0.4, -0.2) is 18.5 Å². The topological polar surface area (TPSA) is 84.2 Å². The van der Waals surface area contributed by atoms with Crippen LogP contribution in [-0.2, 0) is 4.79 Å². The van der Waals surface area contributed by atoms with Gasteiger partial charge in [0.1, 0.15) is 0 Å². The van der Waals surface area contributed by atoms with Gasteiger partial charge in [-0.1, -0.05) is 12.1 Å². The molecule has 0 unspecified atom stereocenters. The van der Waals surface area contributed by atoms with Gasteiger partial charge in [-0.2, -0.15) is 0 Å². The lowest BCUT2D eigenvalue weighted by Gasteiger charge is -2.10. The van der Waals surface area contributed by atoms with Crippen molar-refractivity contribution in [2.45, 2.75) is 33.1 Å². The number of carbonyl (C=O) groups is 2. The first-order valence-electron chi connectivity index (χ1n) is 6.40. The summed E-state index contributed by atoms with van der Waals surface area (Å²) in [4.78, 5) is 22.2. The average Bonchev–Trinajstić information content (AvgIpc) is 2.34. The number of nitrogens with one attached hydrogen (secondary N) is 2. The van der Waals surface area contributed by atoms with Crippen LogP contribution in [0.5, 0.6) is 0 Å². The van der Waals surface area contributed by atoms with Crippen LogP contribution in [0.15, 0.2) is 18.2 Å². The molecule has 0 aliphatic heterocycles. The summed E-state index contributed by atoms with van der Waals surface area (Å²) in [5.74, 6) is -0.00669. The van der Waals surface area contributed by atoms with Crippen LogP contribution in [0.3, 0.4) is 0 Å². The van der Waals surface area contributed by atoms with Crippen LogP contribution < -0.4 is 16.4 Å². The van der Waals surface area contributed by atoms with Gasteiger partial charge in [-0.05, 0) is 43.9 Å². The fourth-order valence-corrected chi connectivity index (χ4v) is 1.72. The van der Waals surface area contributed by atoms with Gasteiger partial charge in [0, 0.05) is 18.7 Å². The number of amides is 3. The maximum Gasteiger partial charge on any atom is 0.312 e. The summed E-state index contributed by atoms with van der Waals surface area (Å²) >= 11 is 0. The Bertz CT molecular complexity index is 458. The Morgan fingerprint density at radius 2 is 1.95 bits per heavy atom. The van der Waals surface area contributed by atoms with Crippen molar-refractivity contribution in [2.24, 2.45) is 5.73 Å². The van der Waals surface area contributed by atoms with E-state index < -0.39 is 6.03 Å². The van der Waals surface area contributed by atoms with Crippen molar-refractivity contribution in [1.82, 2.24) is 5.32 Å². The van der Waals surface area contributed by atoms with Crippen LogP contribution in [0.2, 0.25) is 0 Å². The average molecular weight is 263 g/mol. The number of primary amides is 1. The highest BCUT2D eigenvalue weighted by Gasteiger charge is 2.05. The van der Waals surface area contributed by atoms with Crippen molar-refractivity contribution < 1.29 is 9.59 Å². The zero-order chi connectivity index (χ0) is 14.3. The summed E-state index contributed by atoms with van der Waals surface area (Å²) in [6.07, 6.45) is 1.90. The molecule has 0 aromatic heterocycles. The van der Waals surface area contributed by atoms with Gasteiger partial charge in [-0.25, -0.2) is 4.79 Å². The summed E-state index contributed by atoms with van der Waals surface area (Å²) in [6.45, 7) is 4.51. The van der Waals surface area contributed by atoms with Crippen molar-refractivity contribution in [1.29, 1.82) is 0 Å². The van der Waals surface area contributed by atoms with Crippen LogP contribution in [0, 0.1) is 13.8 Å². The minimum absolute atomic E-state index is 0.00669. The number of carbonyl (C=O) groups excluding carboxylic acids is 2. The maximum absolute atomic E-state index is 11.7.